The quantitative estimate of drug-likeness (QED) is 0.159. The molecule has 4 N–H and O–H groups in total. The first kappa shape index (κ1) is 35.2. The average molecular weight is 765 g/mol. The second-order valence-corrected chi connectivity index (χ2v) is 15.7. The number of nitrogens with two attached hydrogens (primary N) is 2. The Morgan fingerprint density at radius 1 is 0.644 bits per heavy atom. The number of aliphatic imine (C=N–C) groups is 1. The number of benzene rings is 6. The molecule has 6 heteroatoms. The maximum absolute atomic E-state index is 7.09. The second kappa shape index (κ2) is 14.4. The Kier molecular flexibility index (Phi) is 8.61. The highest BCUT2D eigenvalue weighted by Gasteiger charge is 2.30. The summed E-state index contributed by atoms with van der Waals surface area (Å²) in [5.74, 6) is 0.142. The van der Waals surface area contributed by atoms with Gasteiger partial charge in [-0.3, -0.25) is 4.99 Å². The zero-order valence-corrected chi connectivity index (χ0v) is 32.7. The smallest absolute Gasteiger partial charge is 0.123 e. The number of para-hydroxylation sites is 4. The van der Waals surface area contributed by atoms with Crippen LogP contribution in [0.25, 0.3) is 50.5 Å². The van der Waals surface area contributed by atoms with Gasteiger partial charge in [0.25, 0.3) is 0 Å². The van der Waals surface area contributed by atoms with Crippen molar-refractivity contribution in [2.75, 3.05) is 4.90 Å². The first-order valence-corrected chi connectivity index (χ1v) is 20.6. The van der Waals surface area contributed by atoms with Crippen LogP contribution < -0.4 is 16.4 Å². The summed E-state index contributed by atoms with van der Waals surface area (Å²) >= 11 is 0. The van der Waals surface area contributed by atoms with Crippen molar-refractivity contribution in [1.29, 1.82) is 0 Å². The molecule has 6 nitrogen and oxygen atoms in total. The van der Waals surface area contributed by atoms with Gasteiger partial charge in [-0.15, -0.1) is 0 Å². The largest absolute Gasteiger partial charge is 0.322 e. The van der Waals surface area contributed by atoms with Gasteiger partial charge in [-0.05, 0) is 85.0 Å². The molecule has 0 radical (unpaired) electrons. The summed E-state index contributed by atoms with van der Waals surface area (Å²) in [5.41, 5.74) is 29.8. The van der Waals surface area contributed by atoms with Crippen LogP contribution >= 0.6 is 0 Å². The molecule has 0 amide bonds. The minimum absolute atomic E-state index is 0.142. The number of nitrogens with zero attached hydrogens (tertiary/aromatic N) is 4. The van der Waals surface area contributed by atoms with Gasteiger partial charge in [0.05, 0.1) is 45.5 Å². The van der Waals surface area contributed by atoms with Crippen LogP contribution in [-0.4, -0.2) is 20.9 Å². The summed E-state index contributed by atoms with van der Waals surface area (Å²) < 4.78 is 4.96. The Balaban J connectivity index is 1.10. The van der Waals surface area contributed by atoms with E-state index in [2.05, 4.69) is 184 Å². The number of fused-ring (bicyclic) bond motifs is 11. The lowest BCUT2D eigenvalue weighted by Crippen LogP contribution is -2.39. The average Bonchev–Trinajstić information content (AvgIpc) is 3.82. The van der Waals surface area contributed by atoms with Crippen LogP contribution in [0.5, 0.6) is 0 Å². The predicted molar refractivity (Wildman–Crippen MR) is 245 cm³/mol. The summed E-state index contributed by atoms with van der Waals surface area (Å²) in [4.78, 5) is 7.61. The normalized spacial score (nSPS) is 16.7. The zero-order valence-electron chi connectivity index (χ0n) is 32.7. The molecule has 3 aliphatic rings. The van der Waals surface area contributed by atoms with Crippen molar-refractivity contribution in [1.82, 2.24) is 9.13 Å². The molecule has 6 aromatic carbocycles. The van der Waals surface area contributed by atoms with Gasteiger partial charge in [-0.2, -0.15) is 0 Å². The van der Waals surface area contributed by atoms with E-state index in [1.54, 1.807) is 0 Å². The van der Waals surface area contributed by atoms with Crippen molar-refractivity contribution < 1.29 is 0 Å². The molecule has 2 aromatic heterocycles. The van der Waals surface area contributed by atoms with Crippen LogP contribution in [0, 0.1) is 5.92 Å². The first-order chi connectivity index (χ1) is 29.1. The van der Waals surface area contributed by atoms with Crippen LogP contribution in [0.4, 0.5) is 17.1 Å². The van der Waals surface area contributed by atoms with Crippen molar-refractivity contribution in [2.24, 2.45) is 22.4 Å². The summed E-state index contributed by atoms with van der Waals surface area (Å²) in [5, 5.41) is 2.45. The third-order valence-corrected chi connectivity index (χ3v) is 12.3. The minimum atomic E-state index is -0.608. The van der Waals surface area contributed by atoms with E-state index in [0.717, 1.165) is 75.7 Å². The summed E-state index contributed by atoms with van der Waals surface area (Å²) in [6.07, 6.45) is 15.3. The number of anilines is 3. The van der Waals surface area contributed by atoms with Crippen molar-refractivity contribution in [3.63, 3.8) is 0 Å². The third kappa shape index (κ3) is 5.83. The molecule has 286 valence electrons. The molecular formula is C53H44N6. The van der Waals surface area contributed by atoms with E-state index in [4.69, 9.17) is 16.5 Å². The van der Waals surface area contributed by atoms with E-state index in [1.165, 1.54) is 33.1 Å². The number of hydrogen-bond acceptors (Lipinski definition) is 4. The van der Waals surface area contributed by atoms with Crippen molar-refractivity contribution in [3.05, 3.63) is 204 Å². The molecule has 0 saturated heterocycles. The molecule has 0 fully saturated rings. The van der Waals surface area contributed by atoms with E-state index in [0.29, 0.717) is 0 Å². The molecule has 2 unspecified atom stereocenters. The maximum Gasteiger partial charge on any atom is 0.123 e. The van der Waals surface area contributed by atoms with Crippen LogP contribution in [0.2, 0.25) is 0 Å². The first-order valence-electron chi connectivity index (χ1n) is 20.6. The lowest BCUT2D eigenvalue weighted by Gasteiger charge is -2.26. The van der Waals surface area contributed by atoms with Crippen LogP contribution in [0.1, 0.15) is 41.4 Å². The summed E-state index contributed by atoms with van der Waals surface area (Å²) in [7, 11) is 0. The highest BCUT2D eigenvalue weighted by Crippen LogP contribution is 2.50. The number of hydrogen-bond donors (Lipinski definition) is 2. The van der Waals surface area contributed by atoms with Crippen LogP contribution in [0.3, 0.4) is 0 Å². The fourth-order valence-corrected chi connectivity index (χ4v) is 9.55. The molecule has 0 bridgehead atoms. The van der Waals surface area contributed by atoms with Gasteiger partial charge in [-0.25, -0.2) is 0 Å². The van der Waals surface area contributed by atoms with Crippen molar-refractivity contribution >= 4 is 50.7 Å². The van der Waals surface area contributed by atoms with Crippen molar-refractivity contribution in [3.8, 4) is 22.6 Å². The molecule has 3 atom stereocenters. The molecule has 1 aliphatic heterocycles. The molecule has 2 aliphatic carbocycles. The van der Waals surface area contributed by atoms with Gasteiger partial charge in [0.15, 0.2) is 0 Å². The summed E-state index contributed by atoms with van der Waals surface area (Å²) in [6, 6.07) is 53.9. The van der Waals surface area contributed by atoms with E-state index in [9.17, 15) is 0 Å². The zero-order chi connectivity index (χ0) is 39.5. The van der Waals surface area contributed by atoms with Crippen molar-refractivity contribution in [2.45, 2.75) is 31.5 Å². The monoisotopic (exact) mass is 764 g/mol. The topological polar surface area (TPSA) is 77.5 Å². The Morgan fingerprint density at radius 3 is 2.20 bits per heavy atom. The molecule has 0 spiro atoms. The van der Waals surface area contributed by atoms with Gasteiger partial charge in [-0.1, -0.05) is 134 Å². The van der Waals surface area contributed by atoms with Gasteiger partial charge in [0.2, 0.25) is 0 Å². The van der Waals surface area contributed by atoms with E-state index in [1.807, 2.05) is 18.2 Å². The Labute approximate surface area is 344 Å². The third-order valence-electron chi connectivity index (χ3n) is 12.3. The van der Waals surface area contributed by atoms with Gasteiger partial charge in [0, 0.05) is 44.9 Å². The number of rotatable bonds is 7. The lowest BCUT2D eigenvalue weighted by atomic mass is 9.87. The van der Waals surface area contributed by atoms with Crippen LogP contribution in [-0.2, 0) is 6.42 Å². The van der Waals surface area contributed by atoms with Gasteiger partial charge in [0.1, 0.15) is 6.17 Å². The maximum atomic E-state index is 7.09. The second-order valence-electron chi connectivity index (χ2n) is 15.7. The molecule has 11 rings (SSSR count). The Morgan fingerprint density at radius 2 is 1.39 bits per heavy atom. The highest BCUT2D eigenvalue weighted by atomic mass is 15.2. The number of aromatic nitrogens is 2. The SMILES string of the molecule is NC(/N=C(/c1ccccc1)[C@H](N)C1C=CC=CC1)c1cccc(-n2c3c(c4ccc5c(cc6n5-c5ccccc5N(c5ccccc5)c5ccccc5-6)c42)C=CCC3)c1. The van der Waals surface area contributed by atoms with E-state index in [-0.39, 0.29) is 12.0 Å². The molecular weight excluding hydrogens is 721 g/mol. The fraction of sp³-hybridized carbons (Fsp3) is 0.113. The minimum Gasteiger partial charge on any atom is -0.322 e. The van der Waals surface area contributed by atoms with Gasteiger partial charge < -0.3 is 25.5 Å². The standard InChI is InChI=1S/C53H44N6/c54-50(35-17-4-1-5-18-35)51(36-19-6-2-7-20-36)56-53(55)37-21-16-24-39(33-37)58-44-27-12-10-25-40(44)41-31-32-46-43(52(41)58)34-49-42-26-11-13-28-45(42)57(38-22-8-3-9-23-38)47-29-14-15-30-48(47)59(46)49/h1-11,13-17,19-26,28-35,50,53H,12,18,27,54-55H2/b56-51-/t35?,50-,53?/m1/s1. The van der Waals surface area contributed by atoms with Gasteiger partial charge >= 0.3 is 0 Å². The molecule has 3 heterocycles. The Bertz CT molecular complexity index is 3020. The number of allylic oxidation sites excluding steroid dienone is 4. The highest BCUT2D eigenvalue weighted by molar-refractivity contribution is 6.13. The lowest BCUT2D eigenvalue weighted by molar-refractivity contribution is 0.597. The predicted octanol–water partition coefficient (Wildman–Crippen LogP) is 11.9. The molecule has 59 heavy (non-hydrogen) atoms. The summed E-state index contributed by atoms with van der Waals surface area (Å²) in [6.45, 7) is 0. The fourth-order valence-electron chi connectivity index (χ4n) is 9.55. The van der Waals surface area contributed by atoms with Crippen LogP contribution in [0.15, 0.2) is 187 Å². The van der Waals surface area contributed by atoms with E-state index >= 15 is 0 Å². The molecule has 8 aromatic rings. The van der Waals surface area contributed by atoms with E-state index < -0.39 is 6.17 Å². The molecule has 0 saturated carbocycles. The Hall–Kier alpha value is -6.99.